The second-order valence-corrected chi connectivity index (χ2v) is 4.65. The van der Waals surface area contributed by atoms with Gasteiger partial charge >= 0.3 is 5.97 Å². The molecule has 0 heterocycles. The number of hydrogen-bond donors (Lipinski definition) is 0. The van der Waals surface area contributed by atoms with Crippen molar-refractivity contribution < 1.29 is 14.3 Å². The predicted octanol–water partition coefficient (Wildman–Crippen LogP) is 3.51. The van der Waals surface area contributed by atoms with Gasteiger partial charge in [-0.2, -0.15) is 0 Å². The second-order valence-electron chi connectivity index (χ2n) is 4.65. The Balaban J connectivity index is 3.09. The van der Waals surface area contributed by atoms with E-state index in [9.17, 15) is 4.79 Å². The predicted molar refractivity (Wildman–Crippen MR) is 86.8 cm³/mol. The largest absolute Gasteiger partial charge is 0.496 e. The van der Waals surface area contributed by atoms with E-state index in [2.05, 4.69) is 18.7 Å². The van der Waals surface area contributed by atoms with Crippen molar-refractivity contribution in [2.45, 2.75) is 27.7 Å². The van der Waals surface area contributed by atoms with Crippen molar-refractivity contribution in [2.75, 3.05) is 31.7 Å². The molecule has 1 rings (SSSR count). The molecule has 116 valence electrons. The van der Waals surface area contributed by atoms with E-state index in [4.69, 9.17) is 9.47 Å². The van der Waals surface area contributed by atoms with Gasteiger partial charge < -0.3 is 14.4 Å². The van der Waals surface area contributed by atoms with Crippen LogP contribution in [0.2, 0.25) is 0 Å². The second kappa shape index (κ2) is 8.35. The van der Waals surface area contributed by atoms with Crippen LogP contribution in [0.5, 0.6) is 5.75 Å². The summed E-state index contributed by atoms with van der Waals surface area (Å²) in [6, 6.07) is 6.01. The molecule has 4 nitrogen and oxygen atoms in total. The summed E-state index contributed by atoms with van der Waals surface area (Å²) in [7, 11) is 1.64. The van der Waals surface area contributed by atoms with Crippen molar-refractivity contribution in [3.05, 3.63) is 29.3 Å². The minimum absolute atomic E-state index is 0.299. The highest BCUT2D eigenvalue weighted by Crippen LogP contribution is 2.27. The van der Waals surface area contributed by atoms with Crippen LogP contribution in [0.25, 0.3) is 6.08 Å². The van der Waals surface area contributed by atoms with Crippen LogP contribution in [-0.4, -0.2) is 32.8 Å². The Morgan fingerprint density at radius 2 is 1.90 bits per heavy atom. The Labute approximate surface area is 127 Å². The Morgan fingerprint density at radius 1 is 1.24 bits per heavy atom. The number of benzene rings is 1. The highest BCUT2D eigenvalue weighted by molar-refractivity contribution is 5.93. The third kappa shape index (κ3) is 4.52. The molecule has 0 saturated carbocycles. The lowest BCUT2D eigenvalue weighted by Gasteiger charge is -2.22. The number of carbonyl (C=O) groups excluding carboxylic acids is 1. The minimum Gasteiger partial charge on any atom is -0.496 e. The minimum atomic E-state index is -0.299. The van der Waals surface area contributed by atoms with E-state index in [-0.39, 0.29) is 5.97 Å². The number of esters is 1. The maximum Gasteiger partial charge on any atom is 0.333 e. The lowest BCUT2D eigenvalue weighted by atomic mass is 10.1. The van der Waals surface area contributed by atoms with Crippen molar-refractivity contribution >= 4 is 17.7 Å². The summed E-state index contributed by atoms with van der Waals surface area (Å²) in [6.45, 7) is 10.0. The molecule has 1 aromatic rings. The normalized spacial score (nSPS) is 11.2. The maximum absolute atomic E-state index is 11.7. The molecular formula is C17H25NO3. The van der Waals surface area contributed by atoms with Gasteiger partial charge in [-0.25, -0.2) is 4.79 Å². The SMILES string of the molecule is CCOC(=O)C(C)=Cc1ccc(N(CC)CC)cc1OC. The fraction of sp³-hybridized carbons (Fsp3) is 0.471. The molecule has 0 bridgehead atoms. The molecular weight excluding hydrogens is 266 g/mol. The Morgan fingerprint density at radius 3 is 2.43 bits per heavy atom. The van der Waals surface area contributed by atoms with Gasteiger partial charge in [0.25, 0.3) is 0 Å². The van der Waals surface area contributed by atoms with Gasteiger partial charge in [-0.1, -0.05) is 0 Å². The summed E-state index contributed by atoms with van der Waals surface area (Å²) in [5.74, 6) is 0.454. The van der Waals surface area contributed by atoms with Crippen molar-refractivity contribution in [1.82, 2.24) is 0 Å². The first-order chi connectivity index (χ1) is 10.1. The van der Waals surface area contributed by atoms with Gasteiger partial charge in [0.1, 0.15) is 5.75 Å². The molecule has 0 atom stereocenters. The molecule has 0 N–H and O–H groups in total. The van der Waals surface area contributed by atoms with E-state index in [0.717, 1.165) is 30.1 Å². The maximum atomic E-state index is 11.7. The van der Waals surface area contributed by atoms with Crippen LogP contribution in [0.3, 0.4) is 0 Å². The van der Waals surface area contributed by atoms with Crippen LogP contribution < -0.4 is 9.64 Å². The van der Waals surface area contributed by atoms with Crippen LogP contribution in [0.1, 0.15) is 33.3 Å². The molecule has 4 heteroatoms. The summed E-state index contributed by atoms with van der Waals surface area (Å²) in [4.78, 5) is 13.9. The summed E-state index contributed by atoms with van der Waals surface area (Å²) < 4.78 is 10.4. The highest BCUT2D eigenvalue weighted by atomic mass is 16.5. The summed E-state index contributed by atoms with van der Waals surface area (Å²) in [6.07, 6.45) is 1.79. The number of hydrogen-bond acceptors (Lipinski definition) is 4. The van der Waals surface area contributed by atoms with Crippen LogP contribution in [0.4, 0.5) is 5.69 Å². The summed E-state index contributed by atoms with van der Waals surface area (Å²) in [5, 5.41) is 0. The van der Waals surface area contributed by atoms with Gasteiger partial charge in [-0.15, -0.1) is 0 Å². The average Bonchev–Trinajstić information content (AvgIpc) is 2.49. The first kappa shape index (κ1) is 17.1. The van der Waals surface area contributed by atoms with Crippen molar-refractivity contribution in [3.8, 4) is 5.75 Å². The molecule has 0 amide bonds. The molecule has 0 aliphatic rings. The van der Waals surface area contributed by atoms with Gasteiger partial charge in [-0.3, -0.25) is 0 Å². The molecule has 0 spiro atoms. The number of ether oxygens (including phenoxy) is 2. The molecule has 0 fully saturated rings. The zero-order valence-corrected chi connectivity index (χ0v) is 13.6. The van der Waals surface area contributed by atoms with E-state index < -0.39 is 0 Å². The van der Waals surface area contributed by atoms with E-state index in [0.29, 0.717) is 12.2 Å². The third-order valence-corrected chi connectivity index (χ3v) is 3.32. The zero-order valence-electron chi connectivity index (χ0n) is 13.6. The van der Waals surface area contributed by atoms with Crippen molar-refractivity contribution in [3.63, 3.8) is 0 Å². The fourth-order valence-corrected chi connectivity index (χ4v) is 2.14. The molecule has 1 aromatic carbocycles. The third-order valence-electron chi connectivity index (χ3n) is 3.32. The van der Waals surface area contributed by atoms with E-state index in [1.165, 1.54) is 0 Å². The standard InChI is InChI=1S/C17H25NO3/c1-6-18(7-2)15-10-9-14(16(12-15)20-5)11-13(4)17(19)21-8-3/h9-12H,6-8H2,1-5H3. The number of rotatable bonds is 7. The smallest absolute Gasteiger partial charge is 0.333 e. The monoisotopic (exact) mass is 291 g/mol. The van der Waals surface area contributed by atoms with Gasteiger partial charge in [0.2, 0.25) is 0 Å². The van der Waals surface area contributed by atoms with E-state index in [1.807, 2.05) is 18.2 Å². The van der Waals surface area contributed by atoms with Gasteiger partial charge in [0.05, 0.1) is 13.7 Å². The molecule has 21 heavy (non-hydrogen) atoms. The van der Waals surface area contributed by atoms with Crippen LogP contribution in [-0.2, 0) is 9.53 Å². The number of methoxy groups -OCH3 is 1. The molecule has 0 aliphatic carbocycles. The Kier molecular flexibility index (Phi) is 6.79. The first-order valence-corrected chi connectivity index (χ1v) is 7.35. The fourth-order valence-electron chi connectivity index (χ4n) is 2.14. The van der Waals surface area contributed by atoms with E-state index >= 15 is 0 Å². The van der Waals surface area contributed by atoms with Gasteiger partial charge in [-0.05, 0) is 45.9 Å². The van der Waals surface area contributed by atoms with Crippen LogP contribution >= 0.6 is 0 Å². The number of carbonyl (C=O) groups is 1. The van der Waals surface area contributed by atoms with Crippen LogP contribution in [0.15, 0.2) is 23.8 Å². The molecule has 0 radical (unpaired) electrons. The van der Waals surface area contributed by atoms with Gasteiger partial charge in [0.15, 0.2) is 0 Å². The zero-order chi connectivity index (χ0) is 15.8. The lowest BCUT2D eigenvalue weighted by Crippen LogP contribution is -2.21. The number of anilines is 1. The average molecular weight is 291 g/mol. The summed E-state index contributed by atoms with van der Waals surface area (Å²) >= 11 is 0. The van der Waals surface area contributed by atoms with E-state index in [1.54, 1.807) is 27.0 Å². The quantitative estimate of drug-likeness (QED) is 0.569. The summed E-state index contributed by atoms with van der Waals surface area (Å²) in [5.41, 5.74) is 2.55. The first-order valence-electron chi connectivity index (χ1n) is 7.35. The van der Waals surface area contributed by atoms with Crippen molar-refractivity contribution in [2.24, 2.45) is 0 Å². The topological polar surface area (TPSA) is 38.8 Å². The van der Waals surface area contributed by atoms with Gasteiger partial charge in [0, 0.05) is 36.0 Å². The Bertz CT molecular complexity index is 505. The molecule has 0 aromatic heterocycles. The molecule has 0 saturated heterocycles. The van der Waals surface area contributed by atoms with Crippen LogP contribution in [0, 0.1) is 0 Å². The van der Waals surface area contributed by atoms with Crippen molar-refractivity contribution in [1.29, 1.82) is 0 Å². The molecule has 0 aliphatic heterocycles. The number of nitrogens with zero attached hydrogens (tertiary/aromatic N) is 1. The Hall–Kier alpha value is -1.97. The lowest BCUT2D eigenvalue weighted by molar-refractivity contribution is -0.138. The molecule has 0 unspecified atom stereocenters. The highest BCUT2D eigenvalue weighted by Gasteiger charge is 2.09.